The lowest BCUT2D eigenvalue weighted by atomic mass is 10.1. The van der Waals surface area contributed by atoms with Crippen LogP contribution in [0.3, 0.4) is 0 Å². The van der Waals surface area contributed by atoms with Gasteiger partial charge in [-0.25, -0.2) is 0 Å². The summed E-state index contributed by atoms with van der Waals surface area (Å²) in [4.78, 5) is 23.9. The molecule has 0 aromatic heterocycles. The van der Waals surface area contributed by atoms with Gasteiger partial charge in [-0.15, -0.1) is 0 Å². The van der Waals surface area contributed by atoms with Crippen LogP contribution in [0, 0.1) is 13.8 Å². The number of rotatable bonds is 3. The monoisotopic (exact) mass is 332 g/mol. The Kier molecular flexibility index (Phi) is 5.24. The zero-order valence-corrected chi connectivity index (χ0v) is 13.8. The molecule has 0 unspecified atom stereocenters. The van der Waals surface area contributed by atoms with Crippen LogP contribution >= 0.6 is 11.6 Å². The van der Waals surface area contributed by atoms with Crippen LogP contribution in [0.5, 0.6) is 5.75 Å². The van der Waals surface area contributed by atoms with Crippen molar-refractivity contribution in [1.29, 1.82) is 0 Å². The highest BCUT2D eigenvalue weighted by Crippen LogP contribution is 2.27. The van der Waals surface area contributed by atoms with E-state index in [1.165, 1.54) is 13.2 Å². The first kappa shape index (κ1) is 16.8. The number of benzene rings is 2. The largest absolute Gasteiger partial charge is 0.495 e. The van der Waals surface area contributed by atoms with E-state index in [0.29, 0.717) is 22.1 Å². The molecule has 0 aliphatic rings. The number of hydrogen-bond donors (Lipinski definition) is 2. The number of ether oxygens (including phenoxy) is 1. The van der Waals surface area contributed by atoms with Gasteiger partial charge in [0.25, 0.3) is 0 Å². The molecule has 0 bridgehead atoms. The van der Waals surface area contributed by atoms with E-state index in [0.717, 1.165) is 11.1 Å². The van der Waals surface area contributed by atoms with Crippen molar-refractivity contribution in [3.63, 3.8) is 0 Å². The van der Waals surface area contributed by atoms with Gasteiger partial charge in [0.15, 0.2) is 0 Å². The maximum atomic E-state index is 12.0. The van der Waals surface area contributed by atoms with Crippen molar-refractivity contribution in [3.05, 3.63) is 52.5 Å². The van der Waals surface area contributed by atoms with E-state index in [1.807, 2.05) is 19.9 Å². The second-order valence-corrected chi connectivity index (χ2v) is 5.54. The van der Waals surface area contributed by atoms with Crippen molar-refractivity contribution in [2.75, 3.05) is 17.7 Å². The van der Waals surface area contributed by atoms with Crippen LogP contribution in [-0.4, -0.2) is 18.9 Å². The second kappa shape index (κ2) is 7.15. The van der Waals surface area contributed by atoms with E-state index in [1.54, 1.807) is 24.3 Å². The van der Waals surface area contributed by atoms with Crippen molar-refractivity contribution >= 4 is 34.8 Å². The number of amides is 2. The molecule has 0 radical (unpaired) electrons. The number of anilines is 2. The number of hydrogen-bond acceptors (Lipinski definition) is 3. The molecule has 6 heteroatoms. The smallest absolute Gasteiger partial charge is 0.314 e. The predicted octanol–water partition coefficient (Wildman–Crippen LogP) is 3.54. The first-order valence-electron chi connectivity index (χ1n) is 6.93. The van der Waals surface area contributed by atoms with Gasteiger partial charge in [0.05, 0.1) is 12.1 Å². The number of halogens is 1. The maximum Gasteiger partial charge on any atom is 0.314 e. The first-order chi connectivity index (χ1) is 10.9. The normalized spacial score (nSPS) is 10.1. The standard InChI is InChI=1S/C17H17ClN2O3/c1-10-6-11(2)8-13(7-10)20-17(22)16(21)19-12-4-5-15(23-3)14(18)9-12/h4-9H,1-3H3,(H,19,21)(H,20,22). The summed E-state index contributed by atoms with van der Waals surface area (Å²) in [7, 11) is 1.50. The summed E-state index contributed by atoms with van der Waals surface area (Å²) in [6, 6.07) is 10.3. The third kappa shape index (κ3) is 4.47. The zero-order valence-electron chi connectivity index (χ0n) is 13.1. The Bertz CT molecular complexity index is 739. The summed E-state index contributed by atoms with van der Waals surface area (Å²) in [5.41, 5.74) is 3.00. The fourth-order valence-electron chi connectivity index (χ4n) is 2.17. The molecule has 2 aromatic rings. The number of methoxy groups -OCH3 is 1. The van der Waals surface area contributed by atoms with E-state index in [2.05, 4.69) is 10.6 Å². The third-order valence-corrected chi connectivity index (χ3v) is 3.39. The molecule has 0 saturated carbocycles. The molecule has 5 nitrogen and oxygen atoms in total. The van der Waals surface area contributed by atoms with Gasteiger partial charge in [-0.2, -0.15) is 0 Å². The quantitative estimate of drug-likeness (QED) is 0.845. The van der Waals surface area contributed by atoms with E-state index in [-0.39, 0.29) is 0 Å². The number of aryl methyl sites for hydroxylation is 2. The summed E-state index contributed by atoms with van der Waals surface area (Å²) in [6.45, 7) is 3.84. The number of carbonyl (C=O) groups is 2. The molecule has 120 valence electrons. The van der Waals surface area contributed by atoms with E-state index in [4.69, 9.17) is 16.3 Å². The van der Waals surface area contributed by atoms with Crippen LogP contribution in [0.25, 0.3) is 0 Å². The van der Waals surface area contributed by atoms with Gasteiger partial charge >= 0.3 is 11.8 Å². The van der Waals surface area contributed by atoms with Gasteiger partial charge < -0.3 is 15.4 Å². The molecular weight excluding hydrogens is 316 g/mol. The summed E-state index contributed by atoms with van der Waals surface area (Å²) in [5, 5.41) is 5.41. The lowest BCUT2D eigenvalue weighted by Crippen LogP contribution is -2.29. The SMILES string of the molecule is COc1ccc(NC(=O)C(=O)Nc2cc(C)cc(C)c2)cc1Cl. The number of nitrogens with one attached hydrogen (secondary N) is 2. The van der Waals surface area contributed by atoms with Gasteiger partial charge in [-0.1, -0.05) is 17.7 Å². The predicted molar refractivity (Wildman–Crippen MR) is 91.2 cm³/mol. The minimum absolute atomic E-state index is 0.347. The highest BCUT2D eigenvalue weighted by atomic mass is 35.5. The first-order valence-corrected chi connectivity index (χ1v) is 7.31. The highest BCUT2D eigenvalue weighted by molar-refractivity contribution is 6.43. The summed E-state index contributed by atoms with van der Waals surface area (Å²) in [5.74, 6) is -1.03. The number of carbonyl (C=O) groups excluding carboxylic acids is 2. The van der Waals surface area contributed by atoms with E-state index >= 15 is 0 Å². The van der Waals surface area contributed by atoms with Crippen LogP contribution < -0.4 is 15.4 Å². The molecule has 0 saturated heterocycles. The zero-order chi connectivity index (χ0) is 17.0. The van der Waals surface area contributed by atoms with Crippen molar-refractivity contribution in [2.24, 2.45) is 0 Å². The van der Waals surface area contributed by atoms with E-state index < -0.39 is 11.8 Å². The van der Waals surface area contributed by atoms with E-state index in [9.17, 15) is 9.59 Å². The minimum atomic E-state index is -0.773. The van der Waals surface area contributed by atoms with Crippen LogP contribution in [0.1, 0.15) is 11.1 Å². The molecule has 0 fully saturated rings. The lowest BCUT2D eigenvalue weighted by Gasteiger charge is -2.09. The average molecular weight is 333 g/mol. The fourth-order valence-corrected chi connectivity index (χ4v) is 2.42. The van der Waals surface area contributed by atoms with Gasteiger partial charge in [0, 0.05) is 11.4 Å². The van der Waals surface area contributed by atoms with Gasteiger partial charge in [-0.05, 0) is 55.3 Å². The fraction of sp³-hybridized carbons (Fsp3) is 0.176. The molecule has 0 atom stereocenters. The van der Waals surface area contributed by atoms with Crippen molar-refractivity contribution in [1.82, 2.24) is 0 Å². The highest BCUT2D eigenvalue weighted by Gasteiger charge is 2.15. The van der Waals surface area contributed by atoms with Crippen LogP contribution in [0.4, 0.5) is 11.4 Å². The van der Waals surface area contributed by atoms with Gasteiger partial charge in [0.1, 0.15) is 5.75 Å². The average Bonchev–Trinajstić information content (AvgIpc) is 2.46. The minimum Gasteiger partial charge on any atom is -0.495 e. The Morgan fingerprint density at radius 1 is 0.913 bits per heavy atom. The summed E-state index contributed by atoms with van der Waals surface area (Å²) < 4.78 is 5.03. The molecule has 2 aromatic carbocycles. The molecule has 0 heterocycles. The Balaban J connectivity index is 2.05. The molecule has 2 rings (SSSR count). The molecule has 0 aliphatic heterocycles. The van der Waals surface area contributed by atoms with Gasteiger partial charge in [0.2, 0.25) is 0 Å². The molecule has 0 spiro atoms. The maximum absolute atomic E-state index is 12.0. The van der Waals surface area contributed by atoms with Crippen LogP contribution in [0.2, 0.25) is 5.02 Å². The molecule has 0 aliphatic carbocycles. The molecule has 23 heavy (non-hydrogen) atoms. The Morgan fingerprint density at radius 2 is 1.48 bits per heavy atom. The van der Waals surface area contributed by atoms with Gasteiger partial charge in [-0.3, -0.25) is 9.59 Å². The summed E-state index contributed by atoms with van der Waals surface area (Å²) in [6.07, 6.45) is 0. The molecule has 2 N–H and O–H groups in total. The Morgan fingerprint density at radius 3 is 2.00 bits per heavy atom. The molecular formula is C17H17ClN2O3. The van der Waals surface area contributed by atoms with Crippen LogP contribution in [0.15, 0.2) is 36.4 Å². The van der Waals surface area contributed by atoms with Crippen molar-refractivity contribution < 1.29 is 14.3 Å². The van der Waals surface area contributed by atoms with Crippen molar-refractivity contribution in [3.8, 4) is 5.75 Å². The van der Waals surface area contributed by atoms with Crippen LogP contribution in [-0.2, 0) is 9.59 Å². The summed E-state index contributed by atoms with van der Waals surface area (Å²) >= 11 is 5.98. The lowest BCUT2D eigenvalue weighted by molar-refractivity contribution is -0.132. The topological polar surface area (TPSA) is 67.4 Å². The second-order valence-electron chi connectivity index (χ2n) is 5.13. The Labute approximate surface area is 139 Å². The third-order valence-electron chi connectivity index (χ3n) is 3.10. The molecule has 2 amide bonds. The Hall–Kier alpha value is -2.53. The van der Waals surface area contributed by atoms with Crippen molar-refractivity contribution in [2.45, 2.75) is 13.8 Å².